The normalized spacial score (nSPS) is 15.7. The van der Waals surface area contributed by atoms with Crippen LogP contribution in [-0.4, -0.2) is 41.1 Å². The Balaban J connectivity index is 1.27. The lowest BCUT2D eigenvalue weighted by molar-refractivity contribution is -0.115. The lowest BCUT2D eigenvalue weighted by atomic mass is 9.93. The van der Waals surface area contributed by atoms with Crippen molar-refractivity contribution in [3.63, 3.8) is 0 Å². The molecule has 4 rings (SSSR count). The first-order valence-electron chi connectivity index (χ1n) is 11.3. The summed E-state index contributed by atoms with van der Waals surface area (Å²) in [6.45, 7) is 7.79. The van der Waals surface area contributed by atoms with Crippen LogP contribution in [0.5, 0.6) is 5.75 Å². The fraction of sp³-hybridized carbons (Fsp3) is 0.360. The number of amides is 2. The van der Waals surface area contributed by atoms with Crippen molar-refractivity contribution in [2.45, 2.75) is 45.1 Å². The first-order valence-corrected chi connectivity index (χ1v) is 11.3. The van der Waals surface area contributed by atoms with Gasteiger partial charge in [0.2, 0.25) is 5.91 Å². The van der Waals surface area contributed by atoms with Crippen LogP contribution in [0, 0.1) is 0 Å². The number of pyridine rings is 1. The van der Waals surface area contributed by atoms with Gasteiger partial charge in [0.05, 0.1) is 12.6 Å². The van der Waals surface area contributed by atoms with Crippen LogP contribution in [0.2, 0.25) is 0 Å². The topological polar surface area (TPSA) is 118 Å². The van der Waals surface area contributed by atoms with Gasteiger partial charge >= 0.3 is 0 Å². The van der Waals surface area contributed by atoms with Crippen molar-refractivity contribution < 1.29 is 18.8 Å². The van der Waals surface area contributed by atoms with Crippen molar-refractivity contribution in [2.75, 3.05) is 23.7 Å². The number of rotatable bonds is 7. The molecule has 3 N–H and O–H groups in total. The third-order valence-electron chi connectivity index (χ3n) is 5.38. The SMILES string of the molecule is CC(C)(C)c1cc(NC(=O)Cc2ccc(NC(=O)c3ccc(OC4CCNC4)cn3)cc2)no1. The quantitative estimate of drug-likeness (QED) is 0.490. The zero-order valence-electron chi connectivity index (χ0n) is 19.6. The summed E-state index contributed by atoms with van der Waals surface area (Å²) in [4.78, 5) is 29.1. The van der Waals surface area contributed by atoms with Crippen molar-refractivity contribution in [3.8, 4) is 5.75 Å². The molecule has 2 amide bonds. The Morgan fingerprint density at radius 3 is 2.56 bits per heavy atom. The molecule has 1 aliphatic rings. The molecule has 0 aliphatic carbocycles. The van der Waals surface area contributed by atoms with Crippen LogP contribution in [0.1, 0.15) is 49.0 Å². The number of carbonyl (C=O) groups excluding carboxylic acids is 2. The van der Waals surface area contributed by atoms with Gasteiger partial charge < -0.3 is 25.2 Å². The monoisotopic (exact) mass is 463 g/mol. The Morgan fingerprint density at radius 1 is 1.15 bits per heavy atom. The van der Waals surface area contributed by atoms with Gasteiger partial charge in [0.25, 0.3) is 5.91 Å². The van der Waals surface area contributed by atoms with Gasteiger partial charge in [0.15, 0.2) is 5.82 Å². The molecule has 178 valence electrons. The van der Waals surface area contributed by atoms with Gasteiger partial charge in [-0.1, -0.05) is 38.1 Å². The number of carbonyl (C=O) groups is 2. The van der Waals surface area contributed by atoms with E-state index in [-0.39, 0.29) is 29.8 Å². The number of aromatic nitrogens is 2. The van der Waals surface area contributed by atoms with E-state index < -0.39 is 0 Å². The summed E-state index contributed by atoms with van der Waals surface area (Å²) in [5.41, 5.74) is 1.52. The first kappa shape index (κ1) is 23.4. The van der Waals surface area contributed by atoms with Crippen molar-refractivity contribution in [1.82, 2.24) is 15.5 Å². The predicted molar refractivity (Wildman–Crippen MR) is 128 cm³/mol. The molecule has 0 bridgehead atoms. The number of nitrogens with zero attached hydrogens (tertiary/aromatic N) is 2. The number of ether oxygens (including phenoxy) is 1. The Labute approximate surface area is 198 Å². The van der Waals surface area contributed by atoms with E-state index in [1.54, 1.807) is 48.7 Å². The molecule has 1 fully saturated rings. The fourth-order valence-electron chi connectivity index (χ4n) is 3.47. The zero-order chi connectivity index (χ0) is 24.1. The summed E-state index contributed by atoms with van der Waals surface area (Å²) >= 11 is 0. The second kappa shape index (κ2) is 10.0. The molecule has 34 heavy (non-hydrogen) atoms. The van der Waals surface area contributed by atoms with Gasteiger partial charge in [0.1, 0.15) is 23.3 Å². The molecule has 3 heterocycles. The molecule has 1 aromatic carbocycles. The molecule has 9 heteroatoms. The average Bonchev–Trinajstić information content (AvgIpc) is 3.48. The van der Waals surface area contributed by atoms with Crippen molar-refractivity contribution in [1.29, 1.82) is 0 Å². The Hall–Kier alpha value is -3.72. The highest BCUT2D eigenvalue weighted by Gasteiger charge is 2.20. The summed E-state index contributed by atoms with van der Waals surface area (Å²) in [6, 6.07) is 12.2. The number of nitrogens with one attached hydrogen (secondary N) is 3. The molecule has 3 aromatic rings. The van der Waals surface area contributed by atoms with Crippen molar-refractivity contribution in [2.24, 2.45) is 0 Å². The van der Waals surface area contributed by atoms with Crippen LogP contribution in [-0.2, 0) is 16.6 Å². The molecular formula is C25H29N5O4. The minimum absolute atomic E-state index is 0.138. The number of hydrogen-bond donors (Lipinski definition) is 3. The largest absolute Gasteiger partial charge is 0.487 e. The maximum atomic E-state index is 12.5. The van der Waals surface area contributed by atoms with Gasteiger partial charge in [-0.05, 0) is 42.8 Å². The third kappa shape index (κ3) is 6.20. The van der Waals surface area contributed by atoms with E-state index >= 15 is 0 Å². The lowest BCUT2D eigenvalue weighted by Gasteiger charge is -2.12. The minimum atomic E-state index is -0.319. The van der Waals surface area contributed by atoms with E-state index in [4.69, 9.17) is 9.26 Å². The Bertz CT molecular complexity index is 1130. The van der Waals surface area contributed by atoms with Gasteiger partial charge in [-0.25, -0.2) is 4.98 Å². The minimum Gasteiger partial charge on any atom is -0.487 e. The summed E-state index contributed by atoms with van der Waals surface area (Å²) < 4.78 is 11.1. The number of anilines is 2. The second-order valence-corrected chi connectivity index (χ2v) is 9.31. The standard InChI is InChI=1S/C25H29N5O4/c1-25(2,3)21-13-22(30-34-21)29-23(31)12-16-4-6-17(7-5-16)28-24(32)20-9-8-18(15-27-20)33-19-10-11-26-14-19/h4-9,13,15,19,26H,10-12,14H2,1-3H3,(H,28,32)(H,29,30,31). The highest BCUT2D eigenvalue weighted by molar-refractivity contribution is 6.02. The molecule has 1 saturated heterocycles. The van der Waals surface area contributed by atoms with Crippen LogP contribution in [0.3, 0.4) is 0 Å². The summed E-state index contributed by atoms with van der Waals surface area (Å²) in [6.07, 6.45) is 2.83. The highest BCUT2D eigenvalue weighted by atomic mass is 16.5. The van der Waals surface area contributed by atoms with E-state index in [0.717, 1.165) is 25.1 Å². The van der Waals surface area contributed by atoms with E-state index in [0.29, 0.717) is 28.7 Å². The zero-order valence-corrected chi connectivity index (χ0v) is 19.6. The Morgan fingerprint density at radius 2 is 1.94 bits per heavy atom. The van der Waals surface area contributed by atoms with Crippen LogP contribution >= 0.6 is 0 Å². The van der Waals surface area contributed by atoms with Gasteiger partial charge in [-0.3, -0.25) is 9.59 Å². The molecule has 0 saturated carbocycles. The molecule has 2 aromatic heterocycles. The number of benzene rings is 1. The third-order valence-corrected chi connectivity index (χ3v) is 5.38. The molecule has 0 radical (unpaired) electrons. The van der Waals surface area contributed by atoms with E-state index in [1.165, 1.54) is 0 Å². The van der Waals surface area contributed by atoms with Gasteiger partial charge in [0, 0.05) is 23.7 Å². The van der Waals surface area contributed by atoms with E-state index in [1.807, 2.05) is 20.8 Å². The second-order valence-electron chi connectivity index (χ2n) is 9.31. The summed E-state index contributed by atoms with van der Waals surface area (Å²) in [7, 11) is 0. The fourth-order valence-corrected chi connectivity index (χ4v) is 3.47. The maximum absolute atomic E-state index is 12.5. The number of hydrogen-bond acceptors (Lipinski definition) is 7. The molecule has 9 nitrogen and oxygen atoms in total. The van der Waals surface area contributed by atoms with E-state index in [9.17, 15) is 9.59 Å². The Kier molecular flexibility index (Phi) is 6.93. The average molecular weight is 464 g/mol. The predicted octanol–water partition coefficient (Wildman–Crippen LogP) is 3.54. The van der Waals surface area contributed by atoms with Crippen LogP contribution in [0.15, 0.2) is 53.2 Å². The van der Waals surface area contributed by atoms with Crippen molar-refractivity contribution in [3.05, 3.63) is 65.7 Å². The summed E-state index contributed by atoms with van der Waals surface area (Å²) in [5, 5.41) is 12.7. The van der Waals surface area contributed by atoms with Crippen molar-refractivity contribution >= 4 is 23.3 Å². The van der Waals surface area contributed by atoms with E-state index in [2.05, 4.69) is 26.1 Å². The van der Waals surface area contributed by atoms with Crippen LogP contribution < -0.4 is 20.7 Å². The van der Waals surface area contributed by atoms with Gasteiger partial charge in [-0.2, -0.15) is 0 Å². The molecule has 1 atom stereocenters. The molecule has 1 unspecified atom stereocenters. The highest BCUT2D eigenvalue weighted by Crippen LogP contribution is 2.24. The maximum Gasteiger partial charge on any atom is 0.274 e. The molecule has 0 spiro atoms. The molecule has 1 aliphatic heterocycles. The van der Waals surface area contributed by atoms with Gasteiger partial charge in [-0.15, -0.1) is 0 Å². The first-order chi connectivity index (χ1) is 16.3. The smallest absolute Gasteiger partial charge is 0.274 e. The molecular weight excluding hydrogens is 434 g/mol. The lowest BCUT2D eigenvalue weighted by Crippen LogP contribution is -2.20. The van der Waals surface area contributed by atoms with Crippen LogP contribution in [0.25, 0.3) is 0 Å². The summed E-state index contributed by atoms with van der Waals surface area (Å²) in [5.74, 6) is 1.21. The van der Waals surface area contributed by atoms with Crippen LogP contribution in [0.4, 0.5) is 11.5 Å².